The molecule has 1 fully saturated rings. The van der Waals surface area contributed by atoms with E-state index in [0.29, 0.717) is 48.5 Å². The Hall–Kier alpha value is -3.35. The molecular weight excluding hydrogens is 376 g/mol. The lowest BCUT2D eigenvalue weighted by molar-refractivity contribution is -0.146. The van der Waals surface area contributed by atoms with Gasteiger partial charge in [-0.25, -0.2) is 4.79 Å². The van der Waals surface area contributed by atoms with Gasteiger partial charge in [0.25, 0.3) is 0 Å². The molecule has 0 saturated heterocycles. The Morgan fingerprint density at radius 2 is 1.24 bits per heavy atom. The maximum atomic E-state index is 12.3. The Balaban J connectivity index is 1.52. The highest BCUT2D eigenvalue weighted by Gasteiger charge is 2.30. The predicted molar refractivity (Wildman–Crippen MR) is 103 cm³/mol. The molecule has 152 valence electrons. The molecular formula is C22H22O7. The van der Waals surface area contributed by atoms with Crippen molar-refractivity contribution in [2.24, 2.45) is 11.8 Å². The number of ether oxygens (including phenoxy) is 3. The van der Waals surface area contributed by atoms with E-state index in [1.807, 2.05) is 0 Å². The topological polar surface area (TPSA) is 99.1 Å². The summed E-state index contributed by atoms with van der Waals surface area (Å²) in [7, 11) is 1.54. The van der Waals surface area contributed by atoms with E-state index >= 15 is 0 Å². The van der Waals surface area contributed by atoms with Crippen molar-refractivity contribution in [3.63, 3.8) is 0 Å². The van der Waals surface area contributed by atoms with Gasteiger partial charge in [-0.1, -0.05) is 0 Å². The van der Waals surface area contributed by atoms with Crippen molar-refractivity contribution in [1.82, 2.24) is 0 Å². The molecule has 1 aliphatic rings. The van der Waals surface area contributed by atoms with Gasteiger partial charge in [-0.15, -0.1) is 0 Å². The molecule has 0 aromatic heterocycles. The van der Waals surface area contributed by atoms with E-state index in [1.165, 1.54) is 0 Å². The molecule has 0 spiro atoms. The number of carbonyl (C=O) groups excluding carboxylic acids is 2. The van der Waals surface area contributed by atoms with Crippen LogP contribution in [0.4, 0.5) is 0 Å². The number of benzene rings is 2. The van der Waals surface area contributed by atoms with Gasteiger partial charge in [0.1, 0.15) is 17.2 Å². The van der Waals surface area contributed by atoms with Crippen molar-refractivity contribution in [3.8, 4) is 17.2 Å². The Bertz CT molecular complexity index is 863. The molecule has 7 nitrogen and oxygen atoms in total. The Kier molecular flexibility index (Phi) is 6.49. The summed E-state index contributed by atoms with van der Waals surface area (Å²) in [5.74, 6) is -1.03. The number of methoxy groups -OCH3 is 1. The molecule has 0 bridgehead atoms. The first-order chi connectivity index (χ1) is 14.0. The summed E-state index contributed by atoms with van der Waals surface area (Å²) < 4.78 is 15.7. The molecule has 0 amide bonds. The first-order valence-corrected chi connectivity index (χ1v) is 9.37. The van der Waals surface area contributed by atoms with Crippen LogP contribution in [-0.2, 0) is 9.59 Å². The third-order valence-corrected chi connectivity index (χ3v) is 4.99. The molecule has 3 rings (SSSR count). The fourth-order valence-electron chi connectivity index (χ4n) is 3.24. The second-order valence-electron chi connectivity index (χ2n) is 6.90. The highest BCUT2D eigenvalue weighted by atomic mass is 16.5. The second kappa shape index (κ2) is 9.23. The Labute approximate surface area is 168 Å². The molecule has 1 N–H and O–H groups in total. The number of aliphatic carboxylic acids is 1. The standard InChI is InChI=1S/C22H22O7/c1-27-17-8-6-16(7-9-17)22(26)29-19-12-10-18(11-13-19)28-21(25)15-4-2-14(3-5-15)20(23)24/h6-15H,2-5H2,1H3,(H,23,24). The molecule has 29 heavy (non-hydrogen) atoms. The zero-order valence-electron chi connectivity index (χ0n) is 16.0. The zero-order valence-corrected chi connectivity index (χ0v) is 16.0. The molecule has 0 atom stereocenters. The summed E-state index contributed by atoms with van der Waals surface area (Å²) in [5, 5.41) is 9.03. The van der Waals surface area contributed by atoms with Crippen LogP contribution in [0.3, 0.4) is 0 Å². The summed E-state index contributed by atoms with van der Waals surface area (Å²) in [5.41, 5.74) is 0.387. The maximum absolute atomic E-state index is 12.3. The molecule has 2 aromatic rings. The minimum atomic E-state index is -0.809. The number of hydrogen-bond acceptors (Lipinski definition) is 6. The molecule has 1 saturated carbocycles. The van der Waals surface area contributed by atoms with E-state index in [2.05, 4.69) is 0 Å². The molecule has 0 radical (unpaired) electrons. The van der Waals surface area contributed by atoms with Gasteiger partial charge in [0.05, 0.1) is 24.5 Å². The Morgan fingerprint density at radius 3 is 1.76 bits per heavy atom. The van der Waals surface area contributed by atoms with Crippen LogP contribution >= 0.6 is 0 Å². The average molecular weight is 398 g/mol. The van der Waals surface area contributed by atoms with E-state index in [0.717, 1.165) is 0 Å². The third-order valence-electron chi connectivity index (χ3n) is 4.99. The van der Waals surface area contributed by atoms with E-state index in [4.69, 9.17) is 19.3 Å². The second-order valence-corrected chi connectivity index (χ2v) is 6.90. The number of rotatable bonds is 6. The average Bonchev–Trinajstić information content (AvgIpc) is 2.75. The van der Waals surface area contributed by atoms with Crippen LogP contribution in [0.5, 0.6) is 17.2 Å². The maximum Gasteiger partial charge on any atom is 0.343 e. The quantitative estimate of drug-likeness (QED) is 0.585. The minimum Gasteiger partial charge on any atom is -0.497 e. The summed E-state index contributed by atoms with van der Waals surface area (Å²) in [6, 6.07) is 12.8. The highest BCUT2D eigenvalue weighted by molar-refractivity contribution is 5.91. The van der Waals surface area contributed by atoms with Crippen LogP contribution in [0, 0.1) is 11.8 Å². The van der Waals surface area contributed by atoms with Gasteiger partial charge in [-0.2, -0.15) is 0 Å². The van der Waals surface area contributed by atoms with Gasteiger partial charge in [0, 0.05) is 0 Å². The predicted octanol–water partition coefficient (Wildman–Crippen LogP) is 3.71. The molecule has 0 aliphatic heterocycles. The van der Waals surface area contributed by atoms with E-state index in [9.17, 15) is 14.4 Å². The van der Waals surface area contributed by atoms with Crippen LogP contribution in [0.1, 0.15) is 36.0 Å². The van der Waals surface area contributed by atoms with Crippen molar-refractivity contribution < 1.29 is 33.7 Å². The van der Waals surface area contributed by atoms with Gasteiger partial charge in [-0.3, -0.25) is 9.59 Å². The lowest BCUT2D eigenvalue weighted by Crippen LogP contribution is -2.28. The zero-order chi connectivity index (χ0) is 20.8. The van der Waals surface area contributed by atoms with Gasteiger partial charge in [0.2, 0.25) is 0 Å². The van der Waals surface area contributed by atoms with E-state index < -0.39 is 11.9 Å². The fraction of sp³-hybridized carbons (Fsp3) is 0.318. The monoisotopic (exact) mass is 398 g/mol. The van der Waals surface area contributed by atoms with Crippen molar-refractivity contribution in [3.05, 3.63) is 54.1 Å². The van der Waals surface area contributed by atoms with Gasteiger partial charge < -0.3 is 19.3 Å². The summed E-state index contributed by atoms with van der Waals surface area (Å²) in [6.07, 6.45) is 1.98. The highest BCUT2D eigenvalue weighted by Crippen LogP contribution is 2.30. The van der Waals surface area contributed by atoms with E-state index in [-0.39, 0.29) is 17.8 Å². The van der Waals surface area contributed by atoms with E-state index in [1.54, 1.807) is 55.6 Å². The Morgan fingerprint density at radius 1 is 0.759 bits per heavy atom. The molecule has 0 heterocycles. The third kappa shape index (κ3) is 5.34. The lowest BCUT2D eigenvalue weighted by Gasteiger charge is -2.24. The van der Waals surface area contributed by atoms with Crippen LogP contribution in [0.15, 0.2) is 48.5 Å². The first kappa shape index (κ1) is 20.4. The number of carboxylic acids is 1. The van der Waals surface area contributed by atoms with Crippen molar-refractivity contribution in [1.29, 1.82) is 0 Å². The number of carboxylic acid groups (broad SMARTS) is 1. The number of esters is 2. The smallest absolute Gasteiger partial charge is 0.343 e. The molecule has 1 aliphatic carbocycles. The summed E-state index contributed by atoms with van der Waals surface area (Å²) in [4.78, 5) is 35.4. The van der Waals surface area contributed by atoms with Crippen LogP contribution in [0.2, 0.25) is 0 Å². The van der Waals surface area contributed by atoms with Crippen LogP contribution < -0.4 is 14.2 Å². The van der Waals surface area contributed by atoms with Crippen LogP contribution in [-0.4, -0.2) is 30.1 Å². The summed E-state index contributed by atoms with van der Waals surface area (Å²) >= 11 is 0. The number of hydrogen-bond donors (Lipinski definition) is 1. The number of carbonyl (C=O) groups is 3. The van der Waals surface area contributed by atoms with Crippen molar-refractivity contribution in [2.75, 3.05) is 7.11 Å². The molecule has 0 unspecified atom stereocenters. The van der Waals surface area contributed by atoms with Crippen molar-refractivity contribution in [2.45, 2.75) is 25.7 Å². The molecule has 2 aromatic carbocycles. The van der Waals surface area contributed by atoms with Gasteiger partial charge >= 0.3 is 17.9 Å². The van der Waals surface area contributed by atoms with Crippen LogP contribution in [0.25, 0.3) is 0 Å². The summed E-state index contributed by atoms with van der Waals surface area (Å²) in [6.45, 7) is 0. The lowest BCUT2D eigenvalue weighted by atomic mass is 9.82. The fourth-order valence-corrected chi connectivity index (χ4v) is 3.24. The SMILES string of the molecule is COc1ccc(C(=O)Oc2ccc(OC(=O)C3CCC(C(=O)O)CC3)cc2)cc1. The molecule has 7 heteroatoms. The van der Waals surface area contributed by atoms with Gasteiger partial charge in [-0.05, 0) is 74.2 Å². The van der Waals surface area contributed by atoms with Gasteiger partial charge in [0.15, 0.2) is 0 Å². The largest absolute Gasteiger partial charge is 0.497 e. The normalized spacial score (nSPS) is 18.5. The first-order valence-electron chi connectivity index (χ1n) is 9.37. The minimum absolute atomic E-state index is 0.293. The van der Waals surface area contributed by atoms with Crippen molar-refractivity contribution >= 4 is 17.9 Å².